The molecule has 0 radical (unpaired) electrons. The highest BCUT2D eigenvalue weighted by molar-refractivity contribution is 6.04. The number of ether oxygens (including phenoxy) is 1. The van der Waals surface area contributed by atoms with Crippen molar-refractivity contribution in [1.82, 2.24) is 19.6 Å². The summed E-state index contributed by atoms with van der Waals surface area (Å²) in [6.07, 6.45) is 3.28. The monoisotopic (exact) mass is 453 g/mol. The van der Waals surface area contributed by atoms with Crippen molar-refractivity contribution < 1.29 is 13.9 Å². The third kappa shape index (κ3) is 3.97. The molecule has 0 fully saturated rings. The van der Waals surface area contributed by atoms with E-state index in [1.54, 1.807) is 79.5 Å². The van der Waals surface area contributed by atoms with Crippen LogP contribution < -0.4 is 10.1 Å². The summed E-state index contributed by atoms with van der Waals surface area (Å²) < 4.78 is 20.8. The predicted octanol–water partition coefficient (Wildman–Crippen LogP) is 5.17. The number of anilines is 1. The van der Waals surface area contributed by atoms with Crippen molar-refractivity contribution in [1.29, 1.82) is 0 Å². The maximum Gasteiger partial charge on any atom is 0.256 e. The number of carbonyl (C=O) groups excluding carboxylic acids is 1. The van der Waals surface area contributed by atoms with Gasteiger partial charge in [0.05, 0.1) is 12.8 Å². The Morgan fingerprint density at radius 1 is 1.00 bits per heavy atom. The molecule has 3 heterocycles. The number of hydrogen-bond acceptors (Lipinski definition) is 5. The Kier molecular flexibility index (Phi) is 5.47. The highest BCUT2D eigenvalue weighted by atomic mass is 19.1. The molecule has 0 atom stereocenters. The van der Waals surface area contributed by atoms with Crippen LogP contribution in [0.25, 0.3) is 28.2 Å². The van der Waals surface area contributed by atoms with Crippen LogP contribution in [0.1, 0.15) is 15.9 Å². The summed E-state index contributed by atoms with van der Waals surface area (Å²) in [5, 5.41) is 7.29. The number of methoxy groups -OCH3 is 1. The molecule has 0 saturated carbocycles. The van der Waals surface area contributed by atoms with Crippen LogP contribution in [-0.2, 0) is 0 Å². The quantitative estimate of drug-likeness (QED) is 0.397. The Labute approximate surface area is 194 Å². The molecule has 0 bridgehead atoms. The van der Waals surface area contributed by atoms with Gasteiger partial charge in [-0.1, -0.05) is 0 Å². The molecular formula is C26H20FN5O2. The van der Waals surface area contributed by atoms with Crippen molar-refractivity contribution in [3.05, 3.63) is 96.1 Å². The number of pyridine rings is 1. The van der Waals surface area contributed by atoms with Gasteiger partial charge in [-0.15, -0.1) is 0 Å². The molecule has 0 aliphatic heterocycles. The summed E-state index contributed by atoms with van der Waals surface area (Å²) in [7, 11) is 1.57. The normalized spacial score (nSPS) is 10.9. The SMILES string of the molecule is COc1ccc(C(=O)Nc2cc(-c3c(-c4ccc(F)c(C)c4)nc4cccnn34)ccn2)cc1. The van der Waals surface area contributed by atoms with Crippen LogP contribution in [0.3, 0.4) is 0 Å². The van der Waals surface area contributed by atoms with E-state index in [0.717, 1.165) is 11.1 Å². The smallest absolute Gasteiger partial charge is 0.256 e. The van der Waals surface area contributed by atoms with E-state index in [-0.39, 0.29) is 11.7 Å². The second-order valence-corrected chi connectivity index (χ2v) is 7.68. The Hall–Kier alpha value is -4.59. The maximum absolute atomic E-state index is 13.9. The second-order valence-electron chi connectivity index (χ2n) is 7.68. The number of nitrogens with one attached hydrogen (secondary N) is 1. The lowest BCUT2D eigenvalue weighted by Gasteiger charge is -2.09. The zero-order valence-corrected chi connectivity index (χ0v) is 18.5. The van der Waals surface area contributed by atoms with Gasteiger partial charge in [-0.3, -0.25) is 4.79 Å². The van der Waals surface area contributed by atoms with Crippen LogP contribution in [0.2, 0.25) is 0 Å². The van der Waals surface area contributed by atoms with E-state index in [1.807, 2.05) is 12.1 Å². The summed E-state index contributed by atoms with van der Waals surface area (Å²) in [6, 6.07) is 18.9. The first-order valence-corrected chi connectivity index (χ1v) is 10.6. The fraction of sp³-hybridized carbons (Fsp3) is 0.0769. The number of rotatable bonds is 5. The van der Waals surface area contributed by atoms with E-state index in [2.05, 4.69) is 15.4 Å². The number of aromatic nitrogens is 4. The fourth-order valence-electron chi connectivity index (χ4n) is 3.72. The number of imidazole rings is 1. The third-order valence-corrected chi connectivity index (χ3v) is 5.45. The molecule has 7 nitrogen and oxygen atoms in total. The minimum absolute atomic E-state index is 0.278. The number of benzene rings is 2. The van der Waals surface area contributed by atoms with Crippen LogP contribution in [0.15, 0.2) is 79.1 Å². The Balaban J connectivity index is 1.55. The van der Waals surface area contributed by atoms with E-state index in [9.17, 15) is 9.18 Å². The van der Waals surface area contributed by atoms with Crippen LogP contribution in [-0.4, -0.2) is 32.6 Å². The lowest BCUT2D eigenvalue weighted by atomic mass is 10.0. The van der Waals surface area contributed by atoms with Crippen molar-refractivity contribution in [2.45, 2.75) is 6.92 Å². The molecule has 2 aromatic carbocycles. The summed E-state index contributed by atoms with van der Waals surface area (Å²) >= 11 is 0. The molecule has 0 unspecified atom stereocenters. The van der Waals surface area contributed by atoms with Gasteiger partial charge in [0.1, 0.15) is 23.1 Å². The number of amides is 1. The average molecular weight is 453 g/mol. The lowest BCUT2D eigenvalue weighted by Crippen LogP contribution is -2.12. The standard InChI is InChI=1S/C26H20FN5O2/c1-16-14-18(7-10-21(16)27)24-25(32-23(31-24)4-3-12-29-32)19-11-13-28-22(15-19)30-26(33)17-5-8-20(34-2)9-6-17/h3-15H,1-2H3,(H,28,30,33). The summed E-state index contributed by atoms with van der Waals surface area (Å²) in [4.78, 5) is 21.8. The predicted molar refractivity (Wildman–Crippen MR) is 127 cm³/mol. The number of halogens is 1. The van der Waals surface area contributed by atoms with Gasteiger partial charge in [-0.25, -0.2) is 18.9 Å². The van der Waals surface area contributed by atoms with Gasteiger partial charge in [0.2, 0.25) is 0 Å². The van der Waals surface area contributed by atoms with E-state index >= 15 is 0 Å². The van der Waals surface area contributed by atoms with Crippen molar-refractivity contribution >= 4 is 17.4 Å². The maximum atomic E-state index is 13.9. The molecule has 34 heavy (non-hydrogen) atoms. The minimum Gasteiger partial charge on any atom is -0.497 e. The number of fused-ring (bicyclic) bond motifs is 1. The minimum atomic E-state index is -0.294. The Morgan fingerprint density at radius 3 is 2.59 bits per heavy atom. The first-order chi connectivity index (χ1) is 16.5. The number of carbonyl (C=O) groups is 1. The third-order valence-electron chi connectivity index (χ3n) is 5.45. The van der Waals surface area contributed by atoms with Crippen molar-refractivity contribution in [2.75, 3.05) is 12.4 Å². The van der Waals surface area contributed by atoms with Gasteiger partial charge in [0.25, 0.3) is 5.91 Å². The topological polar surface area (TPSA) is 81.4 Å². The van der Waals surface area contributed by atoms with Crippen molar-refractivity contribution in [2.24, 2.45) is 0 Å². The highest BCUT2D eigenvalue weighted by Gasteiger charge is 2.18. The van der Waals surface area contributed by atoms with Gasteiger partial charge in [-0.05, 0) is 79.2 Å². The fourth-order valence-corrected chi connectivity index (χ4v) is 3.72. The van der Waals surface area contributed by atoms with Crippen LogP contribution in [0.5, 0.6) is 5.75 Å². The molecule has 0 saturated heterocycles. The molecule has 0 spiro atoms. The van der Waals surface area contributed by atoms with Crippen molar-refractivity contribution in [3.63, 3.8) is 0 Å². The molecule has 168 valence electrons. The van der Waals surface area contributed by atoms with E-state index in [4.69, 9.17) is 9.72 Å². The number of nitrogens with zero attached hydrogens (tertiary/aromatic N) is 4. The highest BCUT2D eigenvalue weighted by Crippen LogP contribution is 2.33. The molecule has 1 amide bonds. The van der Waals surface area contributed by atoms with Gasteiger partial charge < -0.3 is 10.1 Å². The Bertz CT molecular complexity index is 1510. The Morgan fingerprint density at radius 2 is 1.82 bits per heavy atom. The lowest BCUT2D eigenvalue weighted by molar-refractivity contribution is 0.102. The second kappa shape index (κ2) is 8.74. The van der Waals surface area contributed by atoms with Gasteiger partial charge in [0.15, 0.2) is 5.65 Å². The van der Waals surface area contributed by atoms with Gasteiger partial charge >= 0.3 is 0 Å². The van der Waals surface area contributed by atoms with E-state index in [0.29, 0.717) is 39.7 Å². The zero-order valence-electron chi connectivity index (χ0n) is 18.5. The molecule has 0 aliphatic rings. The summed E-state index contributed by atoms with van der Waals surface area (Å²) in [5.41, 5.74) is 4.53. The van der Waals surface area contributed by atoms with Crippen LogP contribution >= 0.6 is 0 Å². The largest absolute Gasteiger partial charge is 0.497 e. The zero-order chi connectivity index (χ0) is 23.7. The van der Waals surface area contributed by atoms with Gasteiger partial charge in [-0.2, -0.15) is 5.10 Å². The molecule has 5 rings (SSSR count). The molecule has 3 aromatic heterocycles. The van der Waals surface area contributed by atoms with E-state index < -0.39 is 0 Å². The molecule has 0 aliphatic carbocycles. The molecular weight excluding hydrogens is 433 g/mol. The summed E-state index contributed by atoms with van der Waals surface area (Å²) in [6.45, 7) is 1.71. The van der Waals surface area contributed by atoms with Crippen LogP contribution in [0, 0.1) is 12.7 Å². The molecule has 1 N–H and O–H groups in total. The first kappa shape index (κ1) is 21.3. The summed E-state index contributed by atoms with van der Waals surface area (Å²) in [5.74, 6) is 0.475. The number of aryl methyl sites for hydroxylation is 1. The van der Waals surface area contributed by atoms with E-state index in [1.165, 1.54) is 6.07 Å². The average Bonchev–Trinajstić information content (AvgIpc) is 3.25. The number of hydrogen-bond donors (Lipinski definition) is 1. The van der Waals surface area contributed by atoms with Crippen LogP contribution in [0.4, 0.5) is 10.2 Å². The molecule has 5 aromatic rings. The molecule has 8 heteroatoms. The first-order valence-electron chi connectivity index (χ1n) is 10.6. The van der Waals surface area contributed by atoms with Crippen molar-refractivity contribution in [3.8, 4) is 28.3 Å². The van der Waals surface area contributed by atoms with Gasteiger partial charge in [0, 0.05) is 29.1 Å².